The van der Waals surface area contributed by atoms with Gasteiger partial charge in [-0.15, -0.1) is 0 Å². The van der Waals surface area contributed by atoms with E-state index in [1.807, 2.05) is 78.9 Å². The summed E-state index contributed by atoms with van der Waals surface area (Å²) in [5.74, 6) is 0. The maximum absolute atomic E-state index is 12.7. The first kappa shape index (κ1) is 18.8. The Balaban J connectivity index is 1.85. The van der Waals surface area contributed by atoms with Crippen LogP contribution in [0.5, 0.6) is 0 Å². The zero-order valence-electron chi connectivity index (χ0n) is 14.2. The summed E-state index contributed by atoms with van der Waals surface area (Å²) in [6, 6.07) is 29.3. The number of hydrogen-bond acceptors (Lipinski definition) is 2. The van der Waals surface area contributed by atoms with Crippen LogP contribution in [0.3, 0.4) is 0 Å². The van der Waals surface area contributed by atoms with E-state index >= 15 is 0 Å². The van der Waals surface area contributed by atoms with E-state index in [1.54, 1.807) is 5.41 Å². The molecule has 0 aliphatic rings. The Labute approximate surface area is 163 Å². The van der Waals surface area contributed by atoms with Crippen molar-refractivity contribution >= 4 is 30.2 Å². The predicted molar refractivity (Wildman–Crippen MR) is 109 cm³/mol. The van der Waals surface area contributed by atoms with Gasteiger partial charge in [-0.25, -0.2) is 0 Å². The van der Waals surface area contributed by atoms with Crippen molar-refractivity contribution in [1.82, 2.24) is 0 Å². The van der Waals surface area contributed by atoms with E-state index in [-0.39, 0.29) is 15.0 Å². The van der Waals surface area contributed by atoms with Crippen molar-refractivity contribution in [3.8, 4) is 0 Å². The molecular formula is C22H20O2SSe. The fourth-order valence-electron chi connectivity index (χ4n) is 2.46. The van der Waals surface area contributed by atoms with Gasteiger partial charge < -0.3 is 0 Å². The van der Waals surface area contributed by atoms with Gasteiger partial charge in [0.2, 0.25) is 0 Å². The topological polar surface area (TPSA) is 37.3 Å². The minimum atomic E-state index is -1.27. The summed E-state index contributed by atoms with van der Waals surface area (Å²) in [6.07, 6.45) is -0.127. The molecule has 26 heavy (non-hydrogen) atoms. The molecule has 2 nitrogen and oxygen atoms in total. The van der Waals surface area contributed by atoms with Crippen LogP contribution in [0.4, 0.5) is 0 Å². The molecule has 2 atom stereocenters. The molecule has 0 aromatic heterocycles. The van der Waals surface area contributed by atoms with E-state index in [0.717, 1.165) is 19.4 Å². The molecule has 0 radical (unpaired) electrons. The van der Waals surface area contributed by atoms with Crippen molar-refractivity contribution in [2.45, 2.75) is 17.4 Å². The summed E-state index contributed by atoms with van der Waals surface area (Å²) >= 11 is -0.0834. The zero-order valence-corrected chi connectivity index (χ0v) is 16.7. The molecule has 0 saturated heterocycles. The van der Waals surface area contributed by atoms with Crippen molar-refractivity contribution < 1.29 is 9.32 Å². The van der Waals surface area contributed by atoms with E-state index in [0.29, 0.717) is 6.42 Å². The Bertz CT molecular complexity index is 864. The molecule has 0 heterocycles. The molecule has 0 fully saturated rings. The van der Waals surface area contributed by atoms with Crippen LogP contribution in [0.25, 0.3) is 0 Å². The molecule has 3 rings (SSSR count). The summed E-state index contributed by atoms with van der Waals surface area (Å²) in [5.41, 5.74) is 1.07. The quantitative estimate of drug-likeness (QED) is 0.588. The Hall–Kier alpha value is -1.97. The van der Waals surface area contributed by atoms with E-state index in [4.69, 9.17) is 0 Å². The van der Waals surface area contributed by atoms with Gasteiger partial charge in [-0.1, -0.05) is 0 Å². The van der Waals surface area contributed by atoms with Crippen LogP contribution in [-0.2, 0) is 17.2 Å². The molecule has 2 unspecified atom stereocenters. The number of aliphatic hydroxyl groups excluding tert-OH is 1. The molecule has 0 bridgehead atoms. The molecular weight excluding hydrogens is 407 g/mol. The molecule has 0 aliphatic carbocycles. The Kier molecular flexibility index (Phi) is 6.98. The summed E-state index contributed by atoms with van der Waals surface area (Å²) in [6.45, 7) is 0. The second-order valence-electron chi connectivity index (χ2n) is 5.75. The van der Waals surface area contributed by atoms with Crippen LogP contribution in [0.1, 0.15) is 5.56 Å². The van der Waals surface area contributed by atoms with Crippen molar-refractivity contribution in [2.75, 3.05) is 0 Å². The summed E-state index contributed by atoms with van der Waals surface area (Å²) < 4.78 is 14.7. The second-order valence-corrected chi connectivity index (χ2v) is 9.46. The average Bonchev–Trinajstić information content (AvgIpc) is 2.69. The van der Waals surface area contributed by atoms with Gasteiger partial charge in [0.15, 0.2) is 0 Å². The third kappa shape index (κ3) is 5.52. The summed E-state index contributed by atoms with van der Waals surface area (Å²) in [4.78, 5) is 0.751. The first-order valence-corrected chi connectivity index (χ1v) is 11.3. The Morgan fingerprint density at radius 1 is 0.885 bits per heavy atom. The zero-order chi connectivity index (χ0) is 18.2. The molecule has 3 aromatic rings. The molecule has 1 N–H and O–H groups in total. The van der Waals surface area contributed by atoms with Gasteiger partial charge in [-0.3, -0.25) is 0 Å². The van der Waals surface area contributed by atoms with Gasteiger partial charge in [0.05, 0.1) is 0 Å². The van der Waals surface area contributed by atoms with Gasteiger partial charge in [0, 0.05) is 0 Å². The van der Waals surface area contributed by atoms with Crippen LogP contribution in [0, 0.1) is 0 Å². The van der Waals surface area contributed by atoms with Gasteiger partial charge in [-0.2, -0.15) is 0 Å². The first-order chi connectivity index (χ1) is 12.7. The normalized spacial score (nSPS) is 14.0. The molecule has 4 heteroatoms. The predicted octanol–water partition coefficient (Wildman–Crippen LogP) is 3.27. The van der Waals surface area contributed by atoms with E-state index < -0.39 is 16.9 Å². The third-order valence-corrected chi connectivity index (χ3v) is 7.70. The molecule has 3 aromatic carbocycles. The first-order valence-electron chi connectivity index (χ1n) is 8.34. The van der Waals surface area contributed by atoms with Crippen molar-refractivity contribution in [2.24, 2.45) is 0 Å². The average molecular weight is 427 g/mol. The Morgan fingerprint density at radius 2 is 1.42 bits per heavy atom. The monoisotopic (exact) mass is 428 g/mol. The minimum absolute atomic E-state index is 0.0834. The van der Waals surface area contributed by atoms with Crippen LogP contribution in [0.2, 0.25) is 0 Å². The van der Waals surface area contributed by atoms with Crippen LogP contribution < -0.4 is 4.46 Å². The number of aliphatic hydroxyl groups is 1. The van der Waals surface area contributed by atoms with E-state index in [9.17, 15) is 9.32 Å². The molecule has 0 saturated carbocycles. The maximum atomic E-state index is 12.7. The van der Waals surface area contributed by atoms with Crippen LogP contribution in [-0.4, -0.2) is 30.4 Å². The molecule has 0 spiro atoms. The standard InChI is InChI=1S/C22H20O2SSe/c23-21(16-18-10-4-1-5-11-18)22(26-20-14-8-3-9-15-20)17-25(24)19-12-6-2-7-13-19/h1-15,17,21,23H,16H2/b22-17+. The number of benzene rings is 3. The second kappa shape index (κ2) is 9.65. The van der Waals surface area contributed by atoms with Crippen molar-refractivity contribution in [3.05, 3.63) is 106 Å². The van der Waals surface area contributed by atoms with Gasteiger partial charge >= 0.3 is 163 Å². The van der Waals surface area contributed by atoms with Crippen molar-refractivity contribution in [3.63, 3.8) is 0 Å². The van der Waals surface area contributed by atoms with E-state index in [2.05, 4.69) is 12.1 Å². The van der Waals surface area contributed by atoms with Crippen LogP contribution >= 0.6 is 0 Å². The fourth-order valence-corrected chi connectivity index (χ4v) is 5.94. The van der Waals surface area contributed by atoms with Gasteiger partial charge in [-0.05, 0) is 0 Å². The van der Waals surface area contributed by atoms with Crippen LogP contribution in [0.15, 0.2) is 106 Å². The van der Waals surface area contributed by atoms with Gasteiger partial charge in [0.1, 0.15) is 0 Å². The number of hydrogen-bond donors (Lipinski definition) is 1. The van der Waals surface area contributed by atoms with Gasteiger partial charge in [0.25, 0.3) is 0 Å². The van der Waals surface area contributed by atoms with Crippen molar-refractivity contribution in [1.29, 1.82) is 0 Å². The fraction of sp³-hybridized carbons (Fsp3) is 0.0909. The van der Waals surface area contributed by atoms with E-state index in [1.165, 1.54) is 0 Å². The number of rotatable bonds is 7. The molecule has 132 valence electrons. The molecule has 0 amide bonds. The third-order valence-electron chi connectivity index (χ3n) is 3.78. The summed E-state index contributed by atoms with van der Waals surface area (Å²) in [5, 5.41) is 12.6. The summed E-state index contributed by atoms with van der Waals surface area (Å²) in [7, 11) is -1.27. The SMILES string of the molecule is O=S(/C=C(/[Se]c1ccccc1)C(O)Cc1ccccc1)c1ccccc1. The Morgan fingerprint density at radius 3 is 2.04 bits per heavy atom. The molecule has 0 aliphatic heterocycles.